The number of aromatic nitrogens is 8. The SMILES string of the molecule is C[Si](C)(C)CCOCn1[nH]c(=S)nc1Cc1c2c(cc3c1CCC3)CCC2.C[Si](C)(C)CCOCn1nc(Sc2cccnn2)nc1Cc1c2c(cc3c1CCC3)CCC2. The summed E-state index contributed by atoms with van der Waals surface area (Å²) in [4.78, 5) is 9.59. The molecule has 0 bridgehead atoms. The van der Waals surface area contributed by atoms with Crippen LogP contribution in [-0.2, 0) is 87.1 Å². The molecule has 0 saturated heterocycles. The molecule has 3 aromatic heterocycles. The second kappa shape index (κ2) is 19.0. The minimum Gasteiger partial charge on any atom is -0.360 e. The van der Waals surface area contributed by atoms with Crippen molar-refractivity contribution in [2.45, 2.75) is 165 Å². The molecule has 0 amide bonds. The number of nitrogens with zero attached hydrogens (tertiary/aromatic N) is 7. The van der Waals surface area contributed by atoms with E-state index in [1.165, 1.54) is 106 Å². The Bertz CT molecular complexity index is 2280. The van der Waals surface area contributed by atoms with Gasteiger partial charge in [0.05, 0.1) is 0 Å². The number of ether oxygens (including phenoxy) is 2. The van der Waals surface area contributed by atoms with Crippen LogP contribution in [0.25, 0.3) is 0 Å². The second-order valence-electron chi connectivity index (χ2n) is 19.6. The largest absolute Gasteiger partial charge is 0.360 e. The molecule has 5 aromatic rings. The van der Waals surface area contributed by atoms with Gasteiger partial charge in [0.25, 0.3) is 0 Å². The van der Waals surface area contributed by atoms with Crippen molar-refractivity contribution in [2.75, 3.05) is 13.2 Å². The average Bonchev–Trinajstić information content (AvgIpc) is 4.06. The predicted octanol–water partition coefficient (Wildman–Crippen LogP) is 9.92. The highest BCUT2D eigenvalue weighted by Gasteiger charge is 2.27. The first-order valence-corrected chi connectivity index (χ1v) is 31.0. The van der Waals surface area contributed by atoms with Crippen LogP contribution in [0.3, 0.4) is 0 Å². The van der Waals surface area contributed by atoms with Crippen molar-refractivity contribution in [2.24, 2.45) is 0 Å². The highest BCUT2D eigenvalue weighted by atomic mass is 32.2. The lowest BCUT2D eigenvalue weighted by atomic mass is 9.92. The molecule has 0 atom stereocenters. The van der Waals surface area contributed by atoms with Gasteiger partial charge in [0.2, 0.25) is 9.93 Å². The maximum Gasteiger partial charge on any atom is 0.215 e. The van der Waals surface area contributed by atoms with E-state index in [1.807, 2.05) is 21.5 Å². The molecule has 10 nitrogen and oxygen atoms in total. The number of H-pyrrole nitrogens is 1. The first-order valence-electron chi connectivity index (χ1n) is 22.4. The molecule has 2 aromatic carbocycles. The Morgan fingerprint density at radius 1 is 0.683 bits per heavy atom. The summed E-state index contributed by atoms with van der Waals surface area (Å²) in [6, 6.07) is 11.1. The van der Waals surface area contributed by atoms with Gasteiger partial charge < -0.3 is 9.47 Å². The number of aryl methyl sites for hydroxylation is 4. The van der Waals surface area contributed by atoms with Crippen molar-refractivity contribution in [3.63, 3.8) is 0 Å². The number of nitrogens with one attached hydrogen (secondary N) is 1. The Hall–Kier alpha value is -3.28. The van der Waals surface area contributed by atoms with Crippen LogP contribution < -0.4 is 0 Å². The zero-order valence-corrected chi connectivity index (χ0v) is 40.4. The smallest absolute Gasteiger partial charge is 0.215 e. The minimum absolute atomic E-state index is 0.449. The molecule has 4 aliphatic carbocycles. The lowest BCUT2D eigenvalue weighted by molar-refractivity contribution is 0.0757. The van der Waals surface area contributed by atoms with Gasteiger partial charge in [0.15, 0.2) is 0 Å². The Morgan fingerprint density at radius 3 is 1.70 bits per heavy atom. The zero-order valence-electron chi connectivity index (χ0n) is 36.8. The van der Waals surface area contributed by atoms with E-state index in [-0.39, 0.29) is 0 Å². The summed E-state index contributed by atoms with van der Waals surface area (Å²) in [6.45, 7) is 16.8. The molecule has 60 heavy (non-hydrogen) atoms. The first-order chi connectivity index (χ1) is 28.9. The van der Waals surface area contributed by atoms with E-state index in [1.54, 1.807) is 50.7 Å². The normalized spacial score (nSPS) is 15.5. The first kappa shape index (κ1) is 43.4. The standard InChI is InChI=1S/C25H33N5OSSi.C21H31N3OSSi/c1-33(2,3)14-13-31-17-30-23(27-25(29-30)32-24-11-6-12-26-28-24)16-22-20-9-4-7-18(20)15-19-8-5-10-21(19)22;1-27(2,3)11-10-25-14-24-20(22-21(26)23-24)13-19-17-8-4-6-15(17)12-16-7-5-9-18(16)19/h6,11-12,15H,4-5,7-10,13-14,16-17H2,1-3H3;12H,4-11,13-14H2,1-3H3,(H,23,26). The molecular weight excluding hydrogens is 817 g/mol. The summed E-state index contributed by atoms with van der Waals surface area (Å²) in [5.74, 6) is 2.01. The third kappa shape index (κ3) is 10.8. The van der Waals surface area contributed by atoms with Gasteiger partial charge in [-0.3, -0.25) is 5.10 Å². The molecule has 0 radical (unpaired) electrons. The summed E-state index contributed by atoms with van der Waals surface area (Å²) >= 11 is 6.80. The number of rotatable bonds is 16. The van der Waals surface area contributed by atoms with Gasteiger partial charge in [-0.15, -0.1) is 10.2 Å². The highest BCUT2D eigenvalue weighted by Crippen LogP contribution is 2.38. The second-order valence-corrected chi connectivity index (χ2v) is 32.2. The van der Waals surface area contributed by atoms with E-state index in [0.29, 0.717) is 23.4 Å². The van der Waals surface area contributed by atoms with Crippen LogP contribution in [0.2, 0.25) is 51.4 Å². The number of hydrogen-bond donors (Lipinski definition) is 1. The van der Waals surface area contributed by atoms with Gasteiger partial charge in [-0.25, -0.2) is 19.3 Å². The number of fused-ring (bicyclic) bond motifs is 4. The van der Waals surface area contributed by atoms with Crippen LogP contribution in [0.1, 0.15) is 93.0 Å². The third-order valence-corrected chi connectivity index (χ3v) is 16.9. The lowest BCUT2D eigenvalue weighted by Crippen LogP contribution is -2.22. The number of aromatic amines is 1. The fourth-order valence-electron chi connectivity index (χ4n) is 9.36. The molecule has 9 rings (SSSR count). The van der Waals surface area contributed by atoms with Gasteiger partial charge in [-0.2, -0.15) is 5.10 Å². The maximum atomic E-state index is 6.08. The molecular formula is C46H64N8O2S2Si2. The minimum atomic E-state index is -1.13. The van der Waals surface area contributed by atoms with Crippen molar-refractivity contribution in [3.8, 4) is 0 Å². The van der Waals surface area contributed by atoms with E-state index in [4.69, 9.17) is 31.8 Å². The number of benzene rings is 2. The van der Waals surface area contributed by atoms with Gasteiger partial charge in [0, 0.05) is 48.4 Å². The fourth-order valence-corrected chi connectivity index (χ4v) is 11.8. The molecule has 0 fully saturated rings. The summed E-state index contributed by atoms with van der Waals surface area (Å²) in [5.41, 5.74) is 15.7. The molecule has 0 unspecified atom stereocenters. The van der Waals surface area contributed by atoms with E-state index in [0.717, 1.165) is 48.8 Å². The highest BCUT2D eigenvalue weighted by molar-refractivity contribution is 7.99. The van der Waals surface area contributed by atoms with Crippen LogP contribution in [0, 0.1) is 4.77 Å². The Balaban J connectivity index is 0.000000170. The zero-order chi connectivity index (χ0) is 41.9. The van der Waals surface area contributed by atoms with Crippen molar-refractivity contribution >= 4 is 40.1 Å². The van der Waals surface area contributed by atoms with Gasteiger partial charge in [-0.1, -0.05) is 51.4 Å². The molecule has 320 valence electrons. The van der Waals surface area contributed by atoms with Gasteiger partial charge >= 0.3 is 0 Å². The van der Waals surface area contributed by atoms with Crippen molar-refractivity contribution in [3.05, 3.63) is 103 Å². The van der Waals surface area contributed by atoms with E-state index in [2.05, 4.69) is 71.7 Å². The summed E-state index contributed by atoms with van der Waals surface area (Å²) in [7, 11) is -2.20. The molecule has 0 spiro atoms. The third-order valence-electron chi connectivity index (χ3n) is 12.5. The van der Waals surface area contributed by atoms with Gasteiger partial charge in [-0.05, 0) is 181 Å². The monoisotopic (exact) mass is 880 g/mol. The van der Waals surface area contributed by atoms with Gasteiger partial charge in [0.1, 0.15) is 30.1 Å². The topological polar surface area (TPSA) is 109 Å². The quantitative estimate of drug-likeness (QED) is 0.0589. The van der Waals surface area contributed by atoms with E-state index in [9.17, 15) is 0 Å². The average molecular weight is 881 g/mol. The summed E-state index contributed by atoms with van der Waals surface area (Å²) in [6.07, 6.45) is 18.2. The van der Waals surface area contributed by atoms with Crippen LogP contribution in [0.15, 0.2) is 40.6 Å². The van der Waals surface area contributed by atoms with Crippen LogP contribution in [0.5, 0.6) is 0 Å². The molecule has 14 heteroatoms. The van der Waals surface area contributed by atoms with Crippen molar-refractivity contribution < 1.29 is 9.47 Å². The fraction of sp³-hybridized carbons (Fsp3) is 0.565. The molecule has 0 saturated carbocycles. The predicted molar refractivity (Wildman–Crippen MR) is 248 cm³/mol. The Kier molecular flexibility index (Phi) is 13.7. The van der Waals surface area contributed by atoms with Crippen LogP contribution in [0.4, 0.5) is 0 Å². The molecule has 3 heterocycles. The molecule has 4 aliphatic rings. The Morgan fingerprint density at radius 2 is 1.20 bits per heavy atom. The van der Waals surface area contributed by atoms with E-state index >= 15 is 0 Å². The summed E-state index contributed by atoms with van der Waals surface area (Å²) in [5, 5.41) is 17.7. The van der Waals surface area contributed by atoms with Crippen molar-refractivity contribution in [1.82, 2.24) is 39.7 Å². The van der Waals surface area contributed by atoms with Crippen molar-refractivity contribution in [1.29, 1.82) is 0 Å². The van der Waals surface area contributed by atoms with E-state index < -0.39 is 16.1 Å². The molecule has 0 aliphatic heterocycles. The maximum absolute atomic E-state index is 6.08. The lowest BCUT2D eigenvalue weighted by Gasteiger charge is -2.17. The molecule has 1 N–H and O–H groups in total. The number of hydrogen-bond acceptors (Lipinski definition) is 9. The Labute approximate surface area is 368 Å². The van der Waals surface area contributed by atoms with Crippen LogP contribution >= 0.6 is 24.0 Å². The summed E-state index contributed by atoms with van der Waals surface area (Å²) < 4.78 is 16.6. The van der Waals surface area contributed by atoms with Crippen LogP contribution in [-0.4, -0.2) is 69.1 Å².